The van der Waals surface area contributed by atoms with E-state index >= 15 is 0 Å². The van der Waals surface area contributed by atoms with Gasteiger partial charge >= 0.3 is 0 Å². The second-order valence-electron chi connectivity index (χ2n) is 7.23. The van der Waals surface area contributed by atoms with Crippen LogP contribution in [0, 0.1) is 6.92 Å². The number of nitrogens with zero attached hydrogens (tertiary/aromatic N) is 4. The Bertz CT molecular complexity index is 1330. The van der Waals surface area contributed by atoms with E-state index in [1.807, 2.05) is 4.57 Å². The van der Waals surface area contributed by atoms with Crippen molar-refractivity contribution in [1.29, 1.82) is 0 Å². The molecule has 0 aliphatic heterocycles. The standard InChI is InChI=1S/C22H21N7/c1-13-2-4-14(5-3-13)17-7-6-15(19-18(17)8-16(9-23)28-19)10-29-12-27-20-21(24)25-11-26-22(20)29/h2-8,11-12,28H,9-10,23H2,1H3,(H2,24,25,26). The third kappa shape index (κ3) is 2.92. The van der Waals surface area contributed by atoms with Crippen molar-refractivity contribution in [1.82, 2.24) is 24.5 Å². The fourth-order valence-corrected chi connectivity index (χ4v) is 3.76. The normalized spacial score (nSPS) is 11.5. The van der Waals surface area contributed by atoms with Gasteiger partial charge in [-0.1, -0.05) is 42.0 Å². The quantitative estimate of drug-likeness (QED) is 0.440. The summed E-state index contributed by atoms with van der Waals surface area (Å²) in [5.74, 6) is 0.388. The summed E-state index contributed by atoms with van der Waals surface area (Å²) >= 11 is 0. The molecule has 7 nitrogen and oxygen atoms in total. The molecule has 3 heterocycles. The van der Waals surface area contributed by atoms with Crippen LogP contribution >= 0.6 is 0 Å². The Morgan fingerprint density at radius 2 is 1.86 bits per heavy atom. The van der Waals surface area contributed by atoms with Crippen LogP contribution in [0.5, 0.6) is 0 Å². The summed E-state index contributed by atoms with van der Waals surface area (Å²) in [5, 5.41) is 1.16. The average Bonchev–Trinajstić information content (AvgIpc) is 3.35. The third-order valence-electron chi connectivity index (χ3n) is 5.29. The van der Waals surface area contributed by atoms with Crippen LogP contribution in [0.25, 0.3) is 33.2 Å². The molecule has 0 saturated carbocycles. The van der Waals surface area contributed by atoms with Gasteiger partial charge in [-0.3, -0.25) is 0 Å². The summed E-state index contributed by atoms with van der Waals surface area (Å²) in [7, 11) is 0. The van der Waals surface area contributed by atoms with Crippen molar-refractivity contribution in [3.8, 4) is 11.1 Å². The largest absolute Gasteiger partial charge is 0.382 e. The molecule has 0 saturated heterocycles. The molecule has 0 atom stereocenters. The highest BCUT2D eigenvalue weighted by atomic mass is 15.1. The Morgan fingerprint density at radius 1 is 1.03 bits per heavy atom. The van der Waals surface area contributed by atoms with Gasteiger partial charge in [0.15, 0.2) is 11.5 Å². The number of nitrogens with one attached hydrogen (secondary N) is 1. The number of fused-ring (bicyclic) bond motifs is 2. The molecule has 5 N–H and O–H groups in total. The molecule has 0 unspecified atom stereocenters. The van der Waals surface area contributed by atoms with Gasteiger partial charge in [-0.2, -0.15) is 0 Å². The maximum Gasteiger partial charge on any atom is 0.165 e. The third-order valence-corrected chi connectivity index (χ3v) is 5.29. The summed E-state index contributed by atoms with van der Waals surface area (Å²) in [6.45, 7) is 3.17. The molecule has 0 aliphatic carbocycles. The fraction of sp³-hybridized carbons (Fsp3) is 0.136. The zero-order valence-electron chi connectivity index (χ0n) is 16.1. The summed E-state index contributed by atoms with van der Waals surface area (Å²) in [6, 6.07) is 15.0. The van der Waals surface area contributed by atoms with Gasteiger partial charge in [0, 0.05) is 17.6 Å². The van der Waals surface area contributed by atoms with E-state index in [9.17, 15) is 0 Å². The second kappa shape index (κ2) is 6.72. The number of imidazole rings is 1. The molecular weight excluding hydrogens is 362 g/mol. The highest BCUT2D eigenvalue weighted by Gasteiger charge is 2.14. The molecular formula is C22H21N7. The van der Waals surface area contributed by atoms with E-state index < -0.39 is 0 Å². The number of hydrogen-bond acceptors (Lipinski definition) is 5. The van der Waals surface area contributed by atoms with Crippen LogP contribution in [0.1, 0.15) is 16.8 Å². The van der Waals surface area contributed by atoms with Crippen molar-refractivity contribution < 1.29 is 0 Å². The van der Waals surface area contributed by atoms with Crippen molar-refractivity contribution >= 4 is 27.9 Å². The first kappa shape index (κ1) is 17.4. The van der Waals surface area contributed by atoms with Gasteiger partial charge in [0.05, 0.1) is 18.4 Å². The van der Waals surface area contributed by atoms with Crippen LogP contribution < -0.4 is 11.5 Å². The van der Waals surface area contributed by atoms with Gasteiger partial charge in [-0.15, -0.1) is 0 Å². The van der Waals surface area contributed by atoms with E-state index in [0.29, 0.717) is 24.4 Å². The predicted molar refractivity (Wildman–Crippen MR) is 115 cm³/mol. The molecule has 2 aromatic carbocycles. The molecule has 0 amide bonds. The van der Waals surface area contributed by atoms with E-state index in [-0.39, 0.29) is 0 Å². The van der Waals surface area contributed by atoms with Crippen LogP contribution in [0.15, 0.2) is 55.1 Å². The number of anilines is 1. The Hall–Kier alpha value is -3.71. The molecule has 0 radical (unpaired) electrons. The number of rotatable bonds is 4. The molecule has 0 aliphatic rings. The molecule has 144 valence electrons. The van der Waals surface area contributed by atoms with Crippen molar-refractivity contribution in [2.24, 2.45) is 5.73 Å². The van der Waals surface area contributed by atoms with Gasteiger partial charge in [-0.05, 0) is 29.7 Å². The van der Waals surface area contributed by atoms with E-state index in [1.165, 1.54) is 23.0 Å². The smallest absolute Gasteiger partial charge is 0.165 e. The van der Waals surface area contributed by atoms with Gasteiger partial charge < -0.3 is 21.0 Å². The monoisotopic (exact) mass is 383 g/mol. The minimum Gasteiger partial charge on any atom is -0.382 e. The predicted octanol–water partition coefficient (Wildman–Crippen LogP) is 3.37. The maximum absolute atomic E-state index is 5.92. The number of aromatic nitrogens is 5. The molecule has 0 bridgehead atoms. The number of H-pyrrole nitrogens is 1. The van der Waals surface area contributed by atoms with Gasteiger partial charge in [-0.25, -0.2) is 15.0 Å². The molecule has 5 rings (SSSR count). The number of aromatic amines is 1. The molecule has 0 spiro atoms. The minimum atomic E-state index is 0.388. The van der Waals surface area contributed by atoms with Crippen molar-refractivity contribution in [2.45, 2.75) is 20.0 Å². The number of nitrogen functional groups attached to an aromatic ring is 1. The molecule has 5 aromatic rings. The fourth-order valence-electron chi connectivity index (χ4n) is 3.76. The maximum atomic E-state index is 5.92. The van der Waals surface area contributed by atoms with E-state index in [2.05, 4.69) is 69.3 Å². The van der Waals surface area contributed by atoms with Gasteiger partial charge in [0.2, 0.25) is 0 Å². The minimum absolute atomic E-state index is 0.388. The summed E-state index contributed by atoms with van der Waals surface area (Å²) in [5.41, 5.74) is 20.0. The summed E-state index contributed by atoms with van der Waals surface area (Å²) in [4.78, 5) is 16.2. The van der Waals surface area contributed by atoms with E-state index in [0.717, 1.165) is 27.8 Å². The number of nitrogens with two attached hydrogens (primary N) is 2. The van der Waals surface area contributed by atoms with Crippen LogP contribution in [0.3, 0.4) is 0 Å². The van der Waals surface area contributed by atoms with Crippen LogP contribution in [0.2, 0.25) is 0 Å². The van der Waals surface area contributed by atoms with Crippen LogP contribution in [0.4, 0.5) is 5.82 Å². The van der Waals surface area contributed by atoms with Crippen molar-refractivity contribution in [3.63, 3.8) is 0 Å². The van der Waals surface area contributed by atoms with E-state index in [4.69, 9.17) is 11.5 Å². The van der Waals surface area contributed by atoms with Crippen molar-refractivity contribution in [2.75, 3.05) is 5.73 Å². The average molecular weight is 383 g/mol. The van der Waals surface area contributed by atoms with Gasteiger partial charge in [0.25, 0.3) is 0 Å². The Labute approximate surface area is 167 Å². The van der Waals surface area contributed by atoms with Crippen LogP contribution in [-0.2, 0) is 13.1 Å². The lowest BCUT2D eigenvalue weighted by molar-refractivity contribution is 0.817. The van der Waals surface area contributed by atoms with Crippen molar-refractivity contribution in [3.05, 3.63) is 71.9 Å². The zero-order chi connectivity index (χ0) is 20.0. The lowest BCUT2D eigenvalue weighted by atomic mass is 9.98. The number of benzene rings is 2. The molecule has 7 heteroatoms. The van der Waals surface area contributed by atoms with Crippen LogP contribution in [-0.4, -0.2) is 24.5 Å². The SMILES string of the molecule is Cc1ccc(-c2ccc(Cn3cnc4c(N)ncnc43)c3[nH]c(CN)cc23)cc1. The lowest BCUT2D eigenvalue weighted by Crippen LogP contribution is -2.02. The number of hydrogen-bond donors (Lipinski definition) is 3. The summed E-state index contributed by atoms with van der Waals surface area (Å²) in [6.07, 6.45) is 3.22. The Balaban J connectivity index is 1.64. The Morgan fingerprint density at radius 3 is 2.66 bits per heavy atom. The first-order valence-corrected chi connectivity index (χ1v) is 9.46. The summed E-state index contributed by atoms with van der Waals surface area (Å²) < 4.78 is 1.98. The van der Waals surface area contributed by atoms with Gasteiger partial charge in [0.1, 0.15) is 11.8 Å². The highest BCUT2D eigenvalue weighted by Crippen LogP contribution is 2.32. The highest BCUT2D eigenvalue weighted by molar-refractivity contribution is 5.97. The lowest BCUT2D eigenvalue weighted by Gasteiger charge is -2.10. The molecule has 29 heavy (non-hydrogen) atoms. The molecule has 3 aromatic heterocycles. The van der Waals surface area contributed by atoms with E-state index in [1.54, 1.807) is 6.33 Å². The number of aryl methyl sites for hydroxylation is 1. The zero-order valence-corrected chi connectivity index (χ0v) is 16.1. The first-order valence-electron chi connectivity index (χ1n) is 9.46. The first-order chi connectivity index (χ1) is 14.1. The topological polar surface area (TPSA) is 111 Å². The molecule has 0 fully saturated rings. The second-order valence-corrected chi connectivity index (χ2v) is 7.23. The Kier molecular flexibility index (Phi) is 4.03.